The van der Waals surface area contributed by atoms with Gasteiger partial charge in [-0.1, -0.05) is 32.0 Å². The van der Waals surface area contributed by atoms with Crippen LogP contribution in [-0.2, 0) is 14.6 Å². The highest BCUT2D eigenvalue weighted by Gasteiger charge is 2.29. The Kier molecular flexibility index (Phi) is 8.22. The van der Waals surface area contributed by atoms with Gasteiger partial charge in [-0.15, -0.1) is 0 Å². The molecule has 1 aromatic carbocycles. The van der Waals surface area contributed by atoms with Crippen LogP contribution < -0.4 is 5.32 Å². The van der Waals surface area contributed by atoms with Gasteiger partial charge in [0.15, 0.2) is 0 Å². The maximum atomic E-state index is 13.1. The van der Waals surface area contributed by atoms with Crippen LogP contribution in [-0.4, -0.2) is 80.8 Å². The molecule has 1 aromatic rings. The maximum Gasteiger partial charge on any atom is 0.252 e. The van der Waals surface area contributed by atoms with Gasteiger partial charge < -0.3 is 10.2 Å². The van der Waals surface area contributed by atoms with Crippen molar-refractivity contribution in [2.24, 2.45) is 5.92 Å². The van der Waals surface area contributed by atoms with Crippen molar-refractivity contribution in [3.8, 4) is 0 Å². The summed E-state index contributed by atoms with van der Waals surface area (Å²) in [5.41, 5.74) is 1.46. The van der Waals surface area contributed by atoms with Crippen LogP contribution in [0.5, 0.6) is 0 Å². The molecule has 1 aliphatic rings. The standard InChI is InChI=1S/C21H33N3O4S/c1-16(2)15-19(22-20(25)18-8-6-5-7-17(18)3)21(26)24-11-9-23(10-12-24)13-14-29(4,27)28/h5-8,16,19H,9-15H2,1-4H3,(H,22,25). The first-order chi connectivity index (χ1) is 13.6. The zero-order chi connectivity index (χ0) is 21.6. The molecule has 1 aliphatic heterocycles. The predicted molar refractivity (Wildman–Crippen MR) is 115 cm³/mol. The number of nitrogens with zero attached hydrogens (tertiary/aromatic N) is 2. The molecule has 0 aromatic heterocycles. The van der Waals surface area contributed by atoms with E-state index in [4.69, 9.17) is 0 Å². The van der Waals surface area contributed by atoms with E-state index in [9.17, 15) is 18.0 Å². The quantitative estimate of drug-likeness (QED) is 0.682. The van der Waals surface area contributed by atoms with Gasteiger partial charge in [-0.25, -0.2) is 8.42 Å². The minimum absolute atomic E-state index is 0.0663. The highest BCUT2D eigenvalue weighted by molar-refractivity contribution is 7.90. The number of rotatable bonds is 8. The SMILES string of the molecule is Cc1ccccc1C(=O)NC(CC(C)C)C(=O)N1CCN(CCS(C)(=O)=O)CC1. The van der Waals surface area contributed by atoms with Crippen molar-refractivity contribution in [1.82, 2.24) is 15.1 Å². The molecule has 29 heavy (non-hydrogen) atoms. The second kappa shape index (κ2) is 10.2. The first-order valence-corrected chi connectivity index (χ1v) is 12.2. The van der Waals surface area contributed by atoms with Crippen LogP contribution in [0.2, 0.25) is 0 Å². The molecule has 1 fully saturated rings. The Labute approximate surface area is 174 Å². The van der Waals surface area contributed by atoms with Gasteiger partial charge in [0.1, 0.15) is 15.9 Å². The second-order valence-corrected chi connectivity index (χ2v) is 10.5. The average Bonchev–Trinajstić information content (AvgIpc) is 2.65. The topological polar surface area (TPSA) is 86.8 Å². The van der Waals surface area contributed by atoms with E-state index in [-0.39, 0.29) is 23.5 Å². The smallest absolute Gasteiger partial charge is 0.252 e. The van der Waals surface area contributed by atoms with Gasteiger partial charge in [-0.2, -0.15) is 0 Å². The minimum Gasteiger partial charge on any atom is -0.340 e. The van der Waals surface area contributed by atoms with E-state index in [1.54, 1.807) is 11.0 Å². The number of piperazine rings is 1. The summed E-state index contributed by atoms with van der Waals surface area (Å²) in [6.07, 6.45) is 1.81. The molecule has 162 valence electrons. The summed E-state index contributed by atoms with van der Waals surface area (Å²) in [5.74, 6) is 0.0955. The van der Waals surface area contributed by atoms with Gasteiger partial charge >= 0.3 is 0 Å². The van der Waals surface area contributed by atoms with E-state index in [0.717, 1.165) is 5.56 Å². The Morgan fingerprint density at radius 2 is 1.72 bits per heavy atom. The van der Waals surface area contributed by atoms with Crippen molar-refractivity contribution >= 4 is 21.7 Å². The van der Waals surface area contributed by atoms with Crippen molar-refractivity contribution in [2.45, 2.75) is 33.2 Å². The number of hydrogen-bond acceptors (Lipinski definition) is 5. The molecule has 1 unspecified atom stereocenters. The molecule has 0 aliphatic carbocycles. The minimum atomic E-state index is -2.99. The third-order valence-electron chi connectivity index (χ3n) is 5.16. The zero-order valence-corrected chi connectivity index (χ0v) is 18.7. The lowest BCUT2D eigenvalue weighted by atomic mass is 10.0. The van der Waals surface area contributed by atoms with Gasteiger partial charge in [0.2, 0.25) is 5.91 Å². The third kappa shape index (κ3) is 7.44. The number of aryl methyl sites for hydroxylation is 1. The van der Waals surface area contributed by atoms with Crippen LogP contribution in [0.25, 0.3) is 0 Å². The van der Waals surface area contributed by atoms with E-state index in [1.165, 1.54) is 6.26 Å². The number of nitrogens with one attached hydrogen (secondary N) is 1. The average molecular weight is 424 g/mol. The molecule has 1 atom stereocenters. The molecule has 0 saturated carbocycles. The molecular weight excluding hydrogens is 390 g/mol. The van der Waals surface area contributed by atoms with Crippen molar-refractivity contribution in [2.75, 3.05) is 44.7 Å². The molecule has 2 amide bonds. The van der Waals surface area contributed by atoms with Gasteiger partial charge in [-0.3, -0.25) is 14.5 Å². The van der Waals surface area contributed by atoms with E-state index in [2.05, 4.69) is 10.2 Å². The van der Waals surface area contributed by atoms with Crippen LogP contribution in [0.3, 0.4) is 0 Å². The van der Waals surface area contributed by atoms with Crippen molar-refractivity contribution in [1.29, 1.82) is 0 Å². The summed E-state index contributed by atoms with van der Waals surface area (Å²) >= 11 is 0. The number of hydrogen-bond donors (Lipinski definition) is 1. The number of benzene rings is 1. The molecule has 2 rings (SSSR count). The fourth-order valence-electron chi connectivity index (χ4n) is 3.46. The van der Waals surface area contributed by atoms with E-state index < -0.39 is 15.9 Å². The van der Waals surface area contributed by atoms with Crippen LogP contribution in [0.1, 0.15) is 36.2 Å². The van der Waals surface area contributed by atoms with E-state index >= 15 is 0 Å². The fraction of sp³-hybridized carbons (Fsp3) is 0.619. The van der Waals surface area contributed by atoms with E-state index in [0.29, 0.717) is 44.7 Å². The monoisotopic (exact) mass is 423 g/mol. The normalized spacial score (nSPS) is 16.7. The zero-order valence-electron chi connectivity index (χ0n) is 17.8. The molecule has 8 heteroatoms. The largest absolute Gasteiger partial charge is 0.340 e. The van der Waals surface area contributed by atoms with Gasteiger partial charge in [0, 0.05) is 44.5 Å². The number of carbonyl (C=O) groups excluding carboxylic acids is 2. The first kappa shape index (κ1) is 23.3. The molecule has 0 spiro atoms. The Morgan fingerprint density at radius 1 is 1.10 bits per heavy atom. The number of sulfone groups is 1. The summed E-state index contributed by atoms with van der Waals surface area (Å²) in [6, 6.07) is 6.78. The van der Waals surface area contributed by atoms with Crippen LogP contribution in [0, 0.1) is 12.8 Å². The summed E-state index contributed by atoms with van der Waals surface area (Å²) in [5, 5.41) is 2.94. The molecule has 7 nitrogen and oxygen atoms in total. The van der Waals surface area contributed by atoms with Crippen LogP contribution in [0.15, 0.2) is 24.3 Å². The summed E-state index contributed by atoms with van der Waals surface area (Å²) in [6.45, 7) is 8.79. The Morgan fingerprint density at radius 3 is 2.28 bits per heavy atom. The molecule has 1 saturated heterocycles. The molecule has 1 heterocycles. The number of carbonyl (C=O) groups is 2. The second-order valence-electron chi connectivity index (χ2n) is 8.27. The number of amides is 2. The highest BCUT2D eigenvalue weighted by Crippen LogP contribution is 2.13. The molecule has 0 bridgehead atoms. The lowest BCUT2D eigenvalue weighted by molar-refractivity contribution is -0.135. The molecule has 0 radical (unpaired) electrons. The maximum absolute atomic E-state index is 13.1. The predicted octanol–water partition coefficient (Wildman–Crippen LogP) is 1.33. The summed E-state index contributed by atoms with van der Waals surface area (Å²) in [7, 11) is -2.99. The van der Waals surface area contributed by atoms with E-state index in [1.807, 2.05) is 39.0 Å². The third-order valence-corrected chi connectivity index (χ3v) is 6.09. The fourth-order valence-corrected chi connectivity index (χ4v) is 4.05. The molecule has 1 N–H and O–H groups in total. The van der Waals surface area contributed by atoms with Crippen LogP contribution in [0.4, 0.5) is 0 Å². The van der Waals surface area contributed by atoms with Crippen molar-refractivity contribution < 1.29 is 18.0 Å². The van der Waals surface area contributed by atoms with Crippen LogP contribution >= 0.6 is 0 Å². The van der Waals surface area contributed by atoms with Crippen molar-refractivity contribution in [3.63, 3.8) is 0 Å². The van der Waals surface area contributed by atoms with Gasteiger partial charge in [0.05, 0.1) is 5.75 Å². The summed E-state index contributed by atoms with van der Waals surface area (Å²) < 4.78 is 22.7. The summed E-state index contributed by atoms with van der Waals surface area (Å²) in [4.78, 5) is 29.7. The lowest BCUT2D eigenvalue weighted by Gasteiger charge is -2.36. The highest BCUT2D eigenvalue weighted by atomic mass is 32.2. The van der Waals surface area contributed by atoms with Gasteiger partial charge in [0.25, 0.3) is 5.91 Å². The Bertz CT molecular complexity index is 815. The van der Waals surface area contributed by atoms with Crippen molar-refractivity contribution in [3.05, 3.63) is 35.4 Å². The lowest BCUT2D eigenvalue weighted by Crippen LogP contribution is -2.55. The van der Waals surface area contributed by atoms with Gasteiger partial charge in [-0.05, 0) is 30.9 Å². The Hall–Kier alpha value is -1.93. The Balaban J connectivity index is 1.99. The first-order valence-electron chi connectivity index (χ1n) is 10.1. The molecular formula is C21H33N3O4S.